The largest absolute Gasteiger partial charge is 0.515 e. The highest BCUT2D eigenvalue weighted by atomic mass is 79.9. The maximum absolute atomic E-state index is 12.7. The number of nitrogens with zero attached hydrogens (tertiary/aromatic N) is 2. The molecule has 1 aromatic carbocycles. The second kappa shape index (κ2) is 13.8. The molecule has 1 heterocycles. The lowest BCUT2D eigenvalue weighted by molar-refractivity contribution is 0.101. The number of benzene rings is 1. The molecule has 0 fully saturated rings. The highest BCUT2D eigenvalue weighted by Gasteiger charge is 2.22. The van der Waals surface area contributed by atoms with Crippen LogP contribution in [0.15, 0.2) is 24.3 Å². The third-order valence-corrected chi connectivity index (χ3v) is 5.30. The van der Waals surface area contributed by atoms with E-state index in [4.69, 9.17) is 14.2 Å². The Hall–Kier alpha value is -1.58. The van der Waals surface area contributed by atoms with Gasteiger partial charge in [0.05, 0.1) is 5.52 Å². The molecule has 0 radical (unpaired) electrons. The molecule has 2 rings (SSSR count). The quantitative estimate of drug-likeness (QED) is 0.248. The Balaban J connectivity index is 2.36. The Morgan fingerprint density at radius 3 is 2.32 bits per heavy atom. The lowest BCUT2D eigenvalue weighted by atomic mass is 10.1. The average molecular weight is 562 g/mol. The van der Waals surface area contributed by atoms with Crippen molar-refractivity contribution in [3.05, 3.63) is 29.8 Å². The lowest BCUT2D eigenvalue weighted by Crippen LogP contribution is -2.27. The van der Waals surface area contributed by atoms with Gasteiger partial charge in [0, 0.05) is 28.7 Å². The normalized spacial score (nSPS) is 11.1. The number of hydrogen-bond donors (Lipinski definition) is 0. The molecule has 9 heteroatoms. The molecule has 0 aliphatic carbocycles. The molecule has 0 saturated carbocycles. The van der Waals surface area contributed by atoms with Crippen molar-refractivity contribution in [1.82, 2.24) is 9.47 Å². The highest BCUT2D eigenvalue weighted by molar-refractivity contribution is 9.09. The van der Waals surface area contributed by atoms with Crippen LogP contribution in [0.4, 0.5) is 9.59 Å². The Labute approximate surface area is 200 Å². The van der Waals surface area contributed by atoms with Crippen molar-refractivity contribution >= 4 is 55.0 Å². The summed E-state index contributed by atoms with van der Waals surface area (Å²) in [4.78, 5) is 27.2. The Morgan fingerprint density at radius 1 is 1.00 bits per heavy atom. The molecule has 0 aliphatic rings. The molecule has 31 heavy (non-hydrogen) atoms. The van der Waals surface area contributed by atoms with Gasteiger partial charge in [-0.3, -0.25) is 0 Å². The number of hydrogen-bond acceptors (Lipinski definition) is 6. The van der Waals surface area contributed by atoms with Crippen LogP contribution in [0.25, 0.3) is 10.9 Å². The summed E-state index contributed by atoms with van der Waals surface area (Å²) in [6.45, 7) is 7.76. The van der Waals surface area contributed by atoms with Gasteiger partial charge in [-0.05, 0) is 44.0 Å². The maximum Gasteiger partial charge on any atom is 0.515 e. The summed E-state index contributed by atoms with van der Waals surface area (Å²) in [5.74, 6) is 0.0839. The van der Waals surface area contributed by atoms with E-state index in [-0.39, 0.29) is 19.1 Å². The molecule has 0 N–H and O–H groups in total. The van der Waals surface area contributed by atoms with Crippen LogP contribution in [0.2, 0.25) is 0 Å². The van der Waals surface area contributed by atoms with Gasteiger partial charge in [0.1, 0.15) is 13.2 Å². The molecule has 1 aromatic heterocycles. The van der Waals surface area contributed by atoms with Crippen molar-refractivity contribution in [3.8, 4) is 5.88 Å². The number of halogens is 2. The number of carbonyl (C=O) groups excluding carboxylic acids is 2. The molecule has 0 aliphatic heterocycles. The first kappa shape index (κ1) is 25.7. The van der Waals surface area contributed by atoms with Crippen molar-refractivity contribution in [2.45, 2.75) is 33.1 Å². The third kappa shape index (κ3) is 7.50. The predicted molar refractivity (Wildman–Crippen MR) is 129 cm³/mol. The van der Waals surface area contributed by atoms with E-state index in [1.54, 1.807) is 6.07 Å². The van der Waals surface area contributed by atoms with Gasteiger partial charge < -0.3 is 19.1 Å². The molecule has 0 spiro atoms. The van der Waals surface area contributed by atoms with Crippen LogP contribution in [0.3, 0.4) is 0 Å². The number of rotatable bonds is 12. The van der Waals surface area contributed by atoms with Gasteiger partial charge in [0.15, 0.2) is 0 Å². The van der Waals surface area contributed by atoms with Gasteiger partial charge in [-0.15, -0.1) is 0 Å². The average Bonchev–Trinajstić information content (AvgIpc) is 3.13. The smallest absolute Gasteiger partial charge is 0.448 e. The second-order valence-corrected chi connectivity index (χ2v) is 8.54. The standard InChI is InChI=1S/C22H30Br2N2O5/c1-3-11-25(12-4-2)13-8-17-6-5-7-19-18(17)16-20(31-22(28)30-15-10-24)26(19)21(27)29-14-9-23/h5-7,16H,3-4,8-15H2,1-2H3. The molecule has 172 valence electrons. The molecule has 0 unspecified atom stereocenters. The van der Waals surface area contributed by atoms with Gasteiger partial charge in [-0.1, -0.05) is 57.8 Å². The molecular weight excluding hydrogens is 532 g/mol. The summed E-state index contributed by atoms with van der Waals surface area (Å²) in [6.07, 6.45) is 1.57. The van der Waals surface area contributed by atoms with E-state index in [2.05, 4.69) is 50.6 Å². The molecule has 7 nitrogen and oxygen atoms in total. The predicted octanol–water partition coefficient (Wildman–Crippen LogP) is 5.60. The molecular formula is C22H30Br2N2O5. The molecule has 0 bridgehead atoms. The van der Waals surface area contributed by atoms with E-state index in [9.17, 15) is 9.59 Å². The first-order chi connectivity index (χ1) is 15.0. The SMILES string of the molecule is CCCN(CCC)CCc1cccc2c1cc(OC(=O)OCCBr)n2C(=O)OCCBr. The van der Waals surface area contributed by atoms with Crippen LogP contribution >= 0.6 is 31.9 Å². The fourth-order valence-corrected chi connectivity index (χ4v) is 3.75. The van der Waals surface area contributed by atoms with Crippen molar-refractivity contribution < 1.29 is 23.8 Å². The van der Waals surface area contributed by atoms with Crippen LogP contribution in [0.5, 0.6) is 5.88 Å². The van der Waals surface area contributed by atoms with Crippen LogP contribution in [0, 0.1) is 0 Å². The summed E-state index contributed by atoms with van der Waals surface area (Å²) in [6, 6.07) is 7.47. The zero-order chi connectivity index (χ0) is 22.6. The van der Waals surface area contributed by atoms with E-state index in [1.807, 2.05) is 18.2 Å². The van der Waals surface area contributed by atoms with Crippen molar-refractivity contribution in [1.29, 1.82) is 0 Å². The topological polar surface area (TPSA) is 70.0 Å². The van der Waals surface area contributed by atoms with E-state index in [0.717, 1.165) is 49.8 Å². The fraction of sp³-hybridized carbons (Fsp3) is 0.545. The summed E-state index contributed by atoms with van der Waals surface area (Å²) in [5.41, 5.74) is 1.72. The maximum atomic E-state index is 12.7. The minimum atomic E-state index is -0.865. The minimum Gasteiger partial charge on any atom is -0.448 e. The summed E-state index contributed by atoms with van der Waals surface area (Å²) in [5, 5.41) is 1.86. The van der Waals surface area contributed by atoms with Crippen LogP contribution in [-0.2, 0) is 15.9 Å². The Bertz CT molecular complexity index is 850. The Kier molecular flexibility index (Phi) is 11.4. The fourth-order valence-electron chi connectivity index (χ4n) is 3.42. The van der Waals surface area contributed by atoms with Crippen LogP contribution in [0.1, 0.15) is 32.3 Å². The number of ether oxygens (including phenoxy) is 3. The lowest BCUT2D eigenvalue weighted by Gasteiger charge is -2.21. The van der Waals surface area contributed by atoms with E-state index in [0.29, 0.717) is 16.2 Å². The van der Waals surface area contributed by atoms with E-state index >= 15 is 0 Å². The van der Waals surface area contributed by atoms with Crippen LogP contribution < -0.4 is 4.74 Å². The minimum absolute atomic E-state index is 0.0839. The Morgan fingerprint density at radius 2 is 1.68 bits per heavy atom. The van der Waals surface area contributed by atoms with Gasteiger partial charge >= 0.3 is 12.2 Å². The number of alkyl halides is 2. The van der Waals surface area contributed by atoms with Crippen LogP contribution in [-0.4, -0.2) is 65.2 Å². The molecule has 0 atom stereocenters. The summed E-state index contributed by atoms with van der Waals surface area (Å²) < 4.78 is 16.9. The first-order valence-corrected chi connectivity index (χ1v) is 12.8. The monoisotopic (exact) mass is 560 g/mol. The zero-order valence-electron chi connectivity index (χ0n) is 18.1. The summed E-state index contributed by atoms with van der Waals surface area (Å²) >= 11 is 6.45. The molecule has 0 saturated heterocycles. The van der Waals surface area contributed by atoms with Gasteiger partial charge in [-0.2, -0.15) is 0 Å². The summed E-state index contributed by atoms with van der Waals surface area (Å²) in [7, 11) is 0. The number of aromatic nitrogens is 1. The third-order valence-electron chi connectivity index (χ3n) is 4.65. The van der Waals surface area contributed by atoms with E-state index < -0.39 is 12.2 Å². The van der Waals surface area contributed by atoms with Gasteiger partial charge in [0.25, 0.3) is 0 Å². The number of carbonyl (C=O) groups is 2. The molecule has 2 aromatic rings. The van der Waals surface area contributed by atoms with Crippen molar-refractivity contribution in [3.63, 3.8) is 0 Å². The van der Waals surface area contributed by atoms with E-state index in [1.165, 1.54) is 4.57 Å². The second-order valence-electron chi connectivity index (χ2n) is 6.95. The van der Waals surface area contributed by atoms with Crippen molar-refractivity contribution in [2.24, 2.45) is 0 Å². The molecule has 0 amide bonds. The number of fused-ring (bicyclic) bond motifs is 1. The van der Waals surface area contributed by atoms with Gasteiger partial charge in [-0.25, -0.2) is 14.2 Å². The zero-order valence-corrected chi connectivity index (χ0v) is 21.2. The van der Waals surface area contributed by atoms with Gasteiger partial charge in [0.2, 0.25) is 5.88 Å². The first-order valence-electron chi connectivity index (χ1n) is 10.5. The van der Waals surface area contributed by atoms with Crippen molar-refractivity contribution in [2.75, 3.05) is 43.5 Å². The highest BCUT2D eigenvalue weighted by Crippen LogP contribution is 2.29.